The van der Waals surface area contributed by atoms with Crippen LogP contribution in [0.5, 0.6) is 0 Å². The molecule has 0 unspecified atom stereocenters. The molecule has 156 valence electrons. The molecule has 2 heterocycles. The van der Waals surface area contributed by atoms with Crippen LogP contribution < -0.4 is 0 Å². The van der Waals surface area contributed by atoms with Gasteiger partial charge in [-0.2, -0.15) is 0 Å². The molecule has 0 radical (unpaired) electrons. The Morgan fingerprint density at radius 1 is 1.29 bits per heavy atom. The summed E-state index contributed by atoms with van der Waals surface area (Å²) in [5.41, 5.74) is 1.38. The summed E-state index contributed by atoms with van der Waals surface area (Å²) in [5.74, 6) is -0.260. The quantitative estimate of drug-likeness (QED) is 0.760. The minimum Gasteiger partial charge on any atom is -0.488 e. The lowest BCUT2D eigenvalue weighted by Gasteiger charge is -2.34. The first-order chi connectivity index (χ1) is 13.0. The SMILES string of the molecule is CC/C=C(/OC1CCN(C(=O)OC(C)(C)C)CC1)c1c(C)cc(C(=O)O)n1C. The minimum absolute atomic E-state index is 0.0286. The van der Waals surface area contributed by atoms with Crippen molar-refractivity contribution in [3.63, 3.8) is 0 Å². The van der Waals surface area contributed by atoms with Crippen LogP contribution in [-0.2, 0) is 16.5 Å². The Balaban J connectivity index is 2.07. The summed E-state index contributed by atoms with van der Waals surface area (Å²) in [5, 5.41) is 9.37. The topological polar surface area (TPSA) is 81.0 Å². The second kappa shape index (κ2) is 8.71. The highest BCUT2D eigenvalue weighted by atomic mass is 16.6. The number of likely N-dealkylation sites (tertiary alicyclic amines) is 1. The molecule has 0 aliphatic carbocycles. The molecule has 1 aromatic rings. The monoisotopic (exact) mass is 392 g/mol. The van der Waals surface area contributed by atoms with Gasteiger partial charge in [-0.15, -0.1) is 0 Å². The first-order valence-electron chi connectivity index (χ1n) is 9.78. The van der Waals surface area contributed by atoms with Crippen LogP contribution in [0.15, 0.2) is 12.1 Å². The summed E-state index contributed by atoms with van der Waals surface area (Å²) in [4.78, 5) is 25.4. The molecule has 1 amide bonds. The fourth-order valence-electron chi connectivity index (χ4n) is 3.37. The lowest BCUT2D eigenvalue weighted by atomic mass is 10.1. The van der Waals surface area contributed by atoms with Crippen LogP contribution in [0.25, 0.3) is 5.76 Å². The zero-order valence-corrected chi connectivity index (χ0v) is 17.7. The normalized spacial score (nSPS) is 16.2. The zero-order chi connectivity index (χ0) is 21.1. The molecule has 2 rings (SSSR count). The van der Waals surface area contributed by atoms with Gasteiger partial charge in [0, 0.05) is 33.0 Å². The van der Waals surface area contributed by atoms with Gasteiger partial charge in [0.15, 0.2) is 0 Å². The van der Waals surface area contributed by atoms with Gasteiger partial charge < -0.3 is 24.0 Å². The third-order valence-electron chi connectivity index (χ3n) is 4.65. The molecule has 1 aromatic heterocycles. The van der Waals surface area contributed by atoms with Crippen molar-refractivity contribution in [3.8, 4) is 0 Å². The molecule has 0 aromatic carbocycles. The summed E-state index contributed by atoms with van der Waals surface area (Å²) in [6.07, 6.45) is 3.84. The maximum absolute atomic E-state index is 12.2. The van der Waals surface area contributed by atoms with Crippen molar-refractivity contribution < 1.29 is 24.2 Å². The van der Waals surface area contributed by atoms with E-state index in [1.807, 2.05) is 40.7 Å². The van der Waals surface area contributed by atoms with E-state index in [1.54, 1.807) is 22.6 Å². The number of aromatic nitrogens is 1. The van der Waals surface area contributed by atoms with Crippen LogP contribution >= 0.6 is 0 Å². The number of allylic oxidation sites excluding steroid dienone is 1. The van der Waals surface area contributed by atoms with E-state index in [9.17, 15) is 14.7 Å². The molecule has 0 saturated carbocycles. The van der Waals surface area contributed by atoms with Crippen LogP contribution in [0.3, 0.4) is 0 Å². The molecular formula is C21H32N2O5. The highest BCUT2D eigenvalue weighted by Gasteiger charge is 2.29. The Bertz CT molecular complexity index is 750. The standard InChI is InChI=1S/C21H32N2O5/c1-7-8-17(18-14(2)13-16(19(24)25)22(18)6)27-15-9-11-23(12-10-15)20(26)28-21(3,4)5/h8,13,15H,7,9-12H2,1-6H3,(H,24,25)/b17-8+. The summed E-state index contributed by atoms with van der Waals surface area (Å²) >= 11 is 0. The smallest absolute Gasteiger partial charge is 0.410 e. The fraction of sp³-hybridized carbons (Fsp3) is 0.619. The van der Waals surface area contributed by atoms with Crippen molar-refractivity contribution in [2.75, 3.05) is 13.1 Å². The second-order valence-electron chi connectivity index (χ2n) is 8.19. The van der Waals surface area contributed by atoms with Crippen molar-refractivity contribution in [2.24, 2.45) is 7.05 Å². The van der Waals surface area contributed by atoms with Gasteiger partial charge in [0.05, 0.1) is 5.69 Å². The van der Waals surface area contributed by atoms with Crippen molar-refractivity contribution in [1.29, 1.82) is 0 Å². The van der Waals surface area contributed by atoms with E-state index in [4.69, 9.17) is 9.47 Å². The number of rotatable bonds is 5. The highest BCUT2D eigenvalue weighted by Crippen LogP contribution is 2.28. The van der Waals surface area contributed by atoms with E-state index >= 15 is 0 Å². The van der Waals surface area contributed by atoms with E-state index in [2.05, 4.69) is 0 Å². The molecule has 0 bridgehead atoms. The Kier molecular flexibility index (Phi) is 6.80. The molecular weight excluding hydrogens is 360 g/mol. The highest BCUT2D eigenvalue weighted by molar-refractivity contribution is 5.87. The average Bonchev–Trinajstić information content (AvgIpc) is 2.88. The summed E-state index contributed by atoms with van der Waals surface area (Å²) in [7, 11) is 1.74. The molecule has 7 nitrogen and oxygen atoms in total. The molecule has 1 N–H and O–H groups in total. The number of piperidine rings is 1. The van der Waals surface area contributed by atoms with E-state index in [0.29, 0.717) is 31.7 Å². The number of hydrogen-bond donors (Lipinski definition) is 1. The Morgan fingerprint density at radius 3 is 2.36 bits per heavy atom. The van der Waals surface area contributed by atoms with Crippen molar-refractivity contribution >= 4 is 17.8 Å². The number of nitrogens with zero attached hydrogens (tertiary/aromatic N) is 2. The molecule has 28 heavy (non-hydrogen) atoms. The van der Waals surface area contributed by atoms with Gasteiger partial charge in [0.2, 0.25) is 0 Å². The van der Waals surface area contributed by atoms with Crippen molar-refractivity contribution in [2.45, 2.75) is 65.6 Å². The number of hydrogen-bond acceptors (Lipinski definition) is 4. The van der Waals surface area contributed by atoms with E-state index in [0.717, 1.165) is 17.7 Å². The molecule has 1 saturated heterocycles. The largest absolute Gasteiger partial charge is 0.488 e. The van der Waals surface area contributed by atoms with E-state index in [1.165, 1.54) is 0 Å². The number of carboxylic acids is 1. The van der Waals surface area contributed by atoms with Gasteiger partial charge in [0.1, 0.15) is 23.2 Å². The third kappa shape index (κ3) is 5.30. The zero-order valence-electron chi connectivity index (χ0n) is 17.7. The molecule has 1 aliphatic rings. The number of ether oxygens (including phenoxy) is 2. The van der Waals surface area contributed by atoms with Crippen LogP contribution in [0.4, 0.5) is 4.79 Å². The number of carboxylic acid groups (broad SMARTS) is 1. The Labute approximate surface area is 166 Å². The van der Waals surface area contributed by atoms with E-state index < -0.39 is 11.6 Å². The van der Waals surface area contributed by atoms with Crippen LogP contribution in [0.2, 0.25) is 0 Å². The summed E-state index contributed by atoms with van der Waals surface area (Å²) < 4.78 is 13.4. The van der Waals surface area contributed by atoms with Gasteiger partial charge in [0.25, 0.3) is 0 Å². The summed E-state index contributed by atoms with van der Waals surface area (Å²) in [6, 6.07) is 1.66. The van der Waals surface area contributed by atoms with Gasteiger partial charge in [-0.3, -0.25) is 0 Å². The Hall–Kier alpha value is -2.44. The van der Waals surface area contributed by atoms with E-state index in [-0.39, 0.29) is 17.9 Å². The molecule has 0 spiro atoms. The summed E-state index contributed by atoms with van der Waals surface area (Å²) in [6.45, 7) is 10.6. The number of aryl methyl sites for hydroxylation is 1. The van der Waals surface area contributed by atoms with Crippen LogP contribution in [0, 0.1) is 6.92 Å². The predicted molar refractivity (Wildman–Crippen MR) is 107 cm³/mol. The van der Waals surface area contributed by atoms with Gasteiger partial charge in [-0.05, 0) is 51.8 Å². The first kappa shape index (κ1) is 21.9. The lowest BCUT2D eigenvalue weighted by molar-refractivity contribution is 0.00984. The fourth-order valence-corrected chi connectivity index (χ4v) is 3.37. The lowest BCUT2D eigenvalue weighted by Crippen LogP contribution is -2.43. The maximum atomic E-state index is 12.2. The number of aromatic carboxylic acids is 1. The third-order valence-corrected chi connectivity index (χ3v) is 4.65. The van der Waals surface area contributed by atoms with Gasteiger partial charge >= 0.3 is 12.1 Å². The molecule has 7 heteroatoms. The number of carbonyl (C=O) groups is 2. The average molecular weight is 392 g/mol. The number of amides is 1. The van der Waals surface area contributed by atoms with Gasteiger partial charge in [-0.25, -0.2) is 9.59 Å². The van der Waals surface area contributed by atoms with Crippen molar-refractivity contribution in [1.82, 2.24) is 9.47 Å². The van der Waals surface area contributed by atoms with Crippen LogP contribution in [0.1, 0.15) is 68.7 Å². The first-order valence-corrected chi connectivity index (χ1v) is 9.78. The van der Waals surface area contributed by atoms with Crippen molar-refractivity contribution in [3.05, 3.63) is 29.1 Å². The minimum atomic E-state index is -0.960. The second-order valence-corrected chi connectivity index (χ2v) is 8.19. The molecule has 0 atom stereocenters. The maximum Gasteiger partial charge on any atom is 0.410 e. The van der Waals surface area contributed by atoms with Gasteiger partial charge in [-0.1, -0.05) is 6.92 Å². The molecule has 1 aliphatic heterocycles. The van der Waals surface area contributed by atoms with Crippen LogP contribution in [-0.4, -0.2) is 51.4 Å². The predicted octanol–water partition coefficient (Wildman–Crippen LogP) is 4.20. The molecule has 1 fully saturated rings. The number of carbonyl (C=O) groups excluding carboxylic acids is 1. The Morgan fingerprint density at radius 2 is 1.89 bits per heavy atom.